The van der Waals surface area contributed by atoms with Crippen molar-refractivity contribution in [3.05, 3.63) is 42.6 Å². The quantitative estimate of drug-likeness (QED) is 0.480. The lowest BCUT2D eigenvalue weighted by Gasteiger charge is -1.91. The highest BCUT2D eigenvalue weighted by molar-refractivity contribution is 6.17. The first-order chi connectivity index (χ1) is 7.93. The van der Waals surface area contributed by atoms with Gasteiger partial charge < -0.3 is 4.42 Å². The standard InChI is InChI=1S/C13H8N2O/c1-2-4-10-9(3-1)12-11(16-10)6-5-8-7-14-15-13(8)12/h1-7H,(H,14,15). The van der Waals surface area contributed by atoms with Gasteiger partial charge in [-0.25, -0.2) is 0 Å². The van der Waals surface area contributed by atoms with Crippen LogP contribution in [0.25, 0.3) is 32.8 Å². The van der Waals surface area contributed by atoms with E-state index >= 15 is 0 Å². The normalized spacial score (nSPS) is 11.8. The number of H-pyrrole nitrogens is 1. The molecule has 16 heavy (non-hydrogen) atoms. The van der Waals surface area contributed by atoms with Gasteiger partial charge in [0.2, 0.25) is 0 Å². The number of aromatic amines is 1. The topological polar surface area (TPSA) is 41.8 Å². The molecule has 4 rings (SSSR count). The van der Waals surface area contributed by atoms with Crippen LogP contribution in [0.1, 0.15) is 0 Å². The summed E-state index contributed by atoms with van der Waals surface area (Å²) in [5.41, 5.74) is 2.86. The maximum absolute atomic E-state index is 5.78. The van der Waals surface area contributed by atoms with Crippen molar-refractivity contribution in [1.29, 1.82) is 0 Å². The summed E-state index contributed by atoms with van der Waals surface area (Å²) < 4.78 is 5.78. The summed E-state index contributed by atoms with van der Waals surface area (Å²) in [6, 6.07) is 12.1. The van der Waals surface area contributed by atoms with Crippen molar-refractivity contribution in [3.63, 3.8) is 0 Å². The SMILES string of the molecule is c1ccc2c(c1)oc1ccc3cn[nH]c3c12. The second-order valence-electron chi connectivity index (χ2n) is 3.87. The predicted molar refractivity (Wildman–Crippen MR) is 63.4 cm³/mol. The summed E-state index contributed by atoms with van der Waals surface area (Å²) in [7, 11) is 0. The summed E-state index contributed by atoms with van der Waals surface area (Å²) in [6.45, 7) is 0. The average molecular weight is 208 g/mol. The van der Waals surface area contributed by atoms with Gasteiger partial charge in [-0.2, -0.15) is 5.10 Å². The van der Waals surface area contributed by atoms with Gasteiger partial charge in [-0.3, -0.25) is 5.10 Å². The van der Waals surface area contributed by atoms with Gasteiger partial charge >= 0.3 is 0 Å². The molecule has 0 saturated carbocycles. The summed E-state index contributed by atoms with van der Waals surface area (Å²) in [5.74, 6) is 0. The van der Waals surface area contributed by atoms with E-state index in [9.17, 15) is 0 Å². The third-order valence-corrected chi connectivity index (χ3v) is 2.96. The number of fused-ring (bicyclic) bond motifs is 5. The van der Waals surface area contributed by atoms with E-state index in [0.29, 0.717) is 0 Å². The van der Waals surface area contributed by atoms with E-state index < -0.39 is 0 Å². The van der Waals surface area contributed by atoms with Crippen molar-refractivity contribution in [2.45, 2.75) is 0 Å². The molecule has 0 aliphatic heterocycles. The van der Waals surface area contributed by atoms with Crippen LogP contribution in [-0.4, -0.2) is 10.2 Å². The van der Waals surface area contributed by atoms with E-state index in [1.54, 1.807) is 0 Å². The number of furan rings is 1. The van der Waals surface area contributed by atoms with Crippen LogP contribution in [0.4, 0.5) is 0 Å². The predicted octanol–water partition coefficient (Wildman–Crippen LogP) is 3.46. The molecule has 0 radical (unpaired) electrons. The minimum Gasteiger partial charge on any atom is -0.456 e. The number of para-hydroxylation sites is 1. The lowest BCUT2D eigenvalue weighted by molar-refractivity contribution is 0.669. The number of hydrogen-bond donors (Lipinski definition) is 1. The number of rotatable bonds is 0. The second-order valence-corrected chi connectivity index (χ2v) is 3.87. The Balaban J connectivity index is 2.42. The first-order valence-corrected chi connectivity index (χ1v) is 5.17. The lowest BCUT2D eigenvalue weighted by Crippen LogP contribution is -1.71. The molecule has 0 bridgehead atoms. The van der Waals surface area contributed by atoms with E-state index in [0.717, 1.165) is 32.8 Å². The molecular formula is C13H8N2O. The smallest absolute Gasteiger partial charge is 0.137 e. The van der Waals surface area contributed by atoms with Gasteiger partial charge in [0.15, 0.2) is 0 Å². The molecule has 0 aliphatic carbocycles. The maximum Gasteiger partial charge on any atom is 0.137 e. The molecular weight excluding hydrogens is 200 g/mol. The van der Waals surface area contributed by atoms with Crippen molar-refractivity contribution >= 4 is 32.8 Å². The van der Waals surface area contributed by atoms with Crippen LogP contribution in [0.15, 0.2) is 47.0 Å². The van der Waals surface area contributed by atoms with Crippen LogP contribution in [-0.2, 0) is 0 Å². The molecule has 0 amide bonds. The van der Waals surface area contributed by atoms with Crippen molar-refractivity contribution in [2.75, 3.05) is 0 Å². The Morgan fingerprint density at radius 3 is 2.94 bits per heavy atom. The molecule has 2 aromatic carbocycles. The summed E-state index contributed by atoms with van der Waals surface area (Å²) in [4.78, 5) is 0. The summed E-state index contributed by atoms with van der Waals surface area (Å²) in [6.07, 6.45) is 1.83. The molecule has 0 unspecified atom stereocenters. The van der Waals surface area contributed by atoms with Crippen molar-refractivity contribution in [2.24, 2.45) is 0 Å². The van der Waals surface area contributed by atoms with Gasteiger partial charge in [-0.1, -0.05) is 18.2 Å². The maximum atomic E-state index is 5.78. The highest BCUT2D eigenvalue weighted by Gasteiger charge is 2.10. The summed E-state index contributed by atoms with van der Waals surface area (Å²) in [5, 5.41) is 10.5. The fourth-order valence-corrected chi connectivity index (χ4v) is 2.23. The first-order valence-electron chi connectivity index (χ1n) is 5.17. The Bertz CT molecular complexity index is 810. The Morgan fingerprint density at radius 2 is 1.94 bits per heavy atom. The number of nitrogens with one attached hydrogen (secondary N) is 1. The van der Waals surface area contributed by atoms with Gasteiger partial charge in [0.1, 0.15) is 11.2 Å². The van der Waals surface area contributed by atoms with Gasteiger partial charge in [0, 0.05) is 10.8 Å². The molecule has 2 aromatic heterocycles. The number of benzene rings is 2. The van der Waals surface area contributed by atoms with Gasteiger partial charge in [-0.05, 0) is 18.2 Å². The lowest BCUT2D eigenvalue weighted by atomic mass is 10.1. The zero-order chi connectivity index (χ0) is 10.5. The molecule has 4 aromatic rings. The molecule has 0 spiro atoms. The van der Waals surface area contributed by atoms with Crippen LogP contribution in [0.5, 0.6) is 0 Å². The Hall–Kier alpha value is -2.29. The van der Waals surface area contributed by atoms with Crippen LogP contribution in [0.2, 0.25) is 0 Å². The molecule has 0 saturated heterocycles. The number of nitrogens with zero attached hydrogens (tertiary/aromatic N) is 1. The van der Waals surface area contributed by atoms with Crippen molar-refractivity contribution in [3.8, 4) is 0 Å². The van der Waals surface area contributed by atoms with Crippen LogP contribution in [0, 0.1) is 0 Å². The molecule has 1 N–H and O–H groups in total. The van der Waals surface area contributed by atoms with Crippen LogP contribution in [0.3, 0.4) is 0 Å². The minimum atomic E-state index is 0.901. The van der Waals surface area contributed by atoms with Crippen molar-refractivity contribution in [1.82, 2.24) is 10.2 Å². The zero-order valence-electron chi connectivity index (χ0n) is 8.40. The van der Waals surface area contributed by atoms with E-state index in [4.69, 9.17) is 4.42 Å². The minimum absolute atomic E-state index is 0.901. The molecule has 0 fully saturated rings. The average Bonchev–Trinajstić information content (AvgIpc) is 2.91. The monoisotopic (exact) mass is 208 g/mol. The Kier molecular flexibility index (Phi) is 1.31. The largest absolute Gasteiger partial charge is 0.456 e. The first kappa shape index (κ1) is 7.93. The van der Waals surface area contributed by atoms with Gasteiger partial charge in [0.05, 0.1) is 17.1 Å². The second kappa shape index (κ2) is 2.64. The van der Waals surface area contributed by atoms with E-state index in [-0.39, 0.29) is 0 Å². The Labute approximate surface area is 90.7 Å². The number of hydrogen-bond acceptors (Lipinski definition) is 2. The molecule has 3 nitrogen and oxygen atoms in total. The molecule has 2 heterocycles. The third-order valence-electron chi connectivity index (χ3n) is 2.96. The molecule has 0 aliphatic rings. The summed E-state index contributed by atoms with van der Waals surface area (Å²) >= 11 is 0. The highest BCUT2D eigenvalue weighted by Crippen LogP contribution is 2.32. The zero-order valence-corrected chi connectivity index (χ0v) is 8.40. The van der Waals surface area contributed by atoms with Crippen molar-refractivity contribution < 1.29 is 4.42 Å². The highest BCUT2D eigenvalue weighted by atomic mass is 16.3. The van der Waals surface area contributed by atoms with Crippen LogP contribution >= 0.6 is 0 Å². The Morgan fingerprint density at radius 1 is 1.00 bits per heavy atom. The van der Waals surface area contributed by atoms with E-state index in [2.05, 4.69) is 16.3 Å². The van der Waals surface area contributed by atoms with Gasteiger partial charge in [0.25, 0.3) is 0 Å². The van der Waals surface area contributed by atoms with Crippen LogP contribution < -0.4 is 0 Å². The number of aromatic nitrogens is 2. The van der Waals surface area contributed by atoms with Gasteiger partial charge in [-0.15, -0.1) is 0 Å². The molecule has 3 heteroatoms. The third kappa shape index (κ3) is 0.852. The molecule has 76 valence electrons. The van der Waals surface area contributed by atoms with E-state index in [1.807, 2.05) is 36.5 Å². The molecule has 0 atom stereocenters. The fourth-order valence-electron chi connectivity index (χ4n) is 2.23. The fraction of sp³-hybridized carbons (Fsp3) is 0. The van der Waals surface area contributed by atoms with E-state index in [1.165, 1.54) is 0 Å².